The Balaban J connectivity index is 2.68. The highest BCUT2D eigenvalue weighted by Gasteiger charge is 2.46. The van der Waals surface area contributed by atoms with E-state index < -0.39 is 0 Å². The second kappa shape index (κ2) is 5.40. The van der Waals surface area contributed by atoms with Crippen LogP contribution in [0.25, 0.3) is 0 Å². The molecule has 0 radical (unpaired) electrons. The number of esters is 1. The Labute approximate surface area is 117 Å². The van der Waals surface area contributed by atoms with E-state index >= 15 is 0 Å². The molecular formula is C12H22INO3. The van der Waals surface area contributed by atoms with Crippen LogP contribution in [0.4, 0.5) is 0 Å². The van der Waals surface area contributed by atoms with Crippen molar-refractivity contribution in [2.24, 2.45) is 0 Å². The molecule has 1 rings (SSSR count). The van der Waals surface area contributed by atoms with Crippen molar-refractivity contribution < 1.29 is 14.7 Å². The van der Waals surface area contributed by atoms with Crippen LogP contribution in [0.2, 0.25) is 0 Å². The van der Waals surface area contributed by atoms with Crippen molar-refractivity contribution in [2.45, 2.75) is 64.1 Å². The van der Waals surface area contributed by atoms with Crippen LogP contribution in [0.15, 0.2) is 0 Å². The number of rotatable bonds is 3. The van der Waals surface area contributed by atoms with E-state index in [2.05, 4.69) is 22.6 Å². The molecule has 0 aliphatic carbocycles. The van der Waals surface area contributed by atoms with Crippen molar-refractivity contribution in [1.29, 1.82) is 0 Å². The van der Waals surface area contributed by atoms with Gasteiger partial charge >= 0.3 is 5.97 Å². The van der Waals surface area contributed by atoms with E-state index in [-0.39, 0.29) is 23.2 Å². The Morgan fingerprint density at radius 1 is 1.35 bits per heavy atom. The van der Waals surface area contributed by atoms with Gasteiger partial charge in [-0.15, -0.1) is 0 Å². The zero-order valence-electron chi connectivity index (χ0n) is 11.0. The maximum atomic E-state index is 11.5. The third kappa shape index (κ3) is 3.79. The van der Waals surface area contributed by atoms with Crippen LogP contribution < -0.4 is 0 Å². The summed E-state index contributed by atoms with van der Waals surface area (Å²) < 4.78 is 6.25. The summed E-state index contributed by atoms with van der Waals surface area (Å²) in [6.45, 7) is 7.86. The van der Waals surface area contributed by atoms with Crippen LogP contribution in [0.5, 0.6) is 0 Å². The lowest BCUT2D eigenvalue weighted by molar-refractivity contribution is -0.259. The SMILES string of the molecule is CC1(C)CC(OC(=O)CCI)CC(C)(C)N1O. The molecule has 1 saturated heterocycles. The Morgan fingerprint density at radius 3 is 2.24 bits per heavy atom. The minimum absolute atomic E-state index is 0.0983. The molecule has 0 atom stereocenters. The summed E-state index contributed by atoms with van der Waals surface area (Å²) in [5.41, 5.74) is -0.728. The first-order valence-corrected chi connectivity index (χ1v) is 7.46. The minimum Gasteiger partial charge on any atom is -0.462 e. The van der Waals surface area contributed by atoms with Gasteiger partial charge in [-0.3, -0.25) is 4.79 Å². The summed E-state index contributed by atoms with van der Waals surface area (Å²) in [7, 11) is 0. The van der Waals surface area contributed by atoms with Gasteiger partial charge in [-0.1, -0.05) is 22.6 Å². The molecule has 0 unspecified atom stereocenters. The predicted octanol–water partition coefficient (Wildman–Crippen LogP) is 2.77. The third-order valence-corrected chi connectivity index (χ3v) is 3.74. The number of ether oxygens (including phenoxy) is 1. The highest BCUT2D eigenvalue weighted by Crippen LogP contribution is 2.37. The zero-order valence-corrected chi connectivity index (χ0v) is 13.2. The summed E-state index contributed by atoms with van der Waals surface area (Å²) in [6, 6.07) is 0. The summed E-state index contributed by atoms with van der Waals surface area (Å²) >= 11 is 2.16. The van der Waals surface area contributed by atoms with Gasteiger partial charge in [0.1, 0.15) is 6.10 Å². The highest BCUT2D eigenvalue weighted by molar-refractivity contribution is 14.1. The van der Waals surface area contributed by atoms with E-state index in [4.69, 9.17) is 4.74 Å². The number of carbonyl (C=O) groups excluding carboxylic acids is 1. The van der Waals surface area contributed by atoms with E-state index in [1.54, 1.807) is 0 Å². The van der Waals surface area contributed by atoms with Crippen molar-refractivity contribution in [3.63, 3.8) is 0 Å². The monoisotopic (exact) mass is 355 g/mol. The molecule has 0 aromatic heterocycles. The summed E-state index contributed by atoms with van der Waals surface area (Å²) in [6.07, 6.45) is 1.69. The van der Waals surface area contributed by atoms with Crippen molar-refractivity contribution in [3.8, 4) is 0 Å². The lowest BCUT2D eigenvalue weighted by Gasteiger charge is -2.50. The maximum absolute atomic E-state index is 11.5. The minimum atomic E-state index is -0.364. The summed E-state index contributed by atoms with van der Waals surface area (Å²) in [5.74, 6) is -0.137. The van der Waals surface area contributed by atoms with Crippen LogP contribution in [0.1, 0.15) is 47.0 Å². The van der Waals surface area contributed by atoms with Crippen LogP contribution in [0, 0.1) is 0 Å². The van der Waals surface area contributed by atoms with Gasteiger partial charge in [0.05, 0.1) is 6.42 Å². The quantitative estimate of drug-likeness (QED) is 0.481. The molecule has 0 spiro atoms. The fraction of sp³-hybridized carbons (Fsp3) is 0.917. The smallest absolute Gasteiger partial charge is 0.306 e. The molecule has 17 heavy (non-hydrogen) atoms. The van der Waals surface area contributed by atoms with Gasteiger partial charge in [0.2, 0.25) is 0 Å². The average Bonchev–Trinajstić information content (AvgIpc) is 2.13. The molecule has 1 fully saturated rings. The fourth-order valence-electron chi connectivity index (χ4n) is 2.58. The van der Waals surface area contributed by atoms with E-state index in [1.165, 1.54) is 5.06 Å². The molecule has 1 aliphatic heterocycles. The topological polar surface area (TPSA) is 49.8 Å². The normalized spacial score (nSPS) is 24.6. The standard InChI is InChI=1S/C12H22INO3/c1-11(2)7-9(17-10(15)5-6-13)8-12(3,4)14(11)16/h9,16H,5-8H2,1-4H3. The van der Waals surface area contributed by atoms with Gasteiger partial charge in [-0.05, 0) is 27.7 Å². The number of alkyl halides is 1. The number of piperidine rings is 1. The van der Waals surface area contributed by atoms with Gasteiger partial charge in [-0.25, -0.2) is 0 Å². The molecule has 4 nitrogen and oxygen atoms in total. The van der Waals surface area contributed by atoms with Crippen LogP contribution in [-0.4, -0.2) is 37.8 Å². The van der Waals surface area contributed by atoms with Gasteiger partial charge < -0.3 is 9.94 Å². The molecule has 0 aromatic rings. The molecule has 0 bridgehead atoms. The lowest BCUT2D eigenvalue weighted by Crippen LogP contribution is -2.60. The number of hydroxylamine groups is 2. The Hall–Kier alpha value is 0.120. The highest BCUT2D eigenvalue weighted by atomic mass is 127. The predicted molar refractivity (Wildman–Crippen MR) is 74.4 cm³/mol. The molecular weight excluding hydrogens is 333 g/mol. The molecule has 0 amide bonds. The second-order valence-corrected chi connectivity index (χ2v) is 6.97. The molecule has 5 heteroatoms. The first-order valence-electron chi connectivity index (χ1n) is 5.94. The van der Waals surface area contributed by atoms with Gasteiger partial charge in [0.15, 0.2) is 0 Å². The van der Waals surface area contributed by atoms with E-state index in [0.29, 0.717) is 19.3 Å². The van der Waals surface area contributed by atoms with Crippen LogP contribution in [-0.2, 0) is 9.53 Å². The first kappa shape index (κ1) is 15.2. The maximum Gasteiger partial charge on any atom is 0.306 e. The van der Waals surface area contributed by atoms with E-state index in [1.807, 2.05) is 27.7 Å². The molecule has 100 valence electrons. The molecule has 1 heterocycles. The summed E-state index contributed by atoms with van der Waals surface area (Å²) in [5, 5.41) is 11.5. The number of carbonyl (C=O) groups is 1. The number of hydrogen-bond donors (Lipinski definition) is 1. The van der Waals surface area contributed by atoms with Gasteiger partial charge in [0.25, 0.3) is 0 Å². The third-order valence-electron chi connectivity index (χ3n) is 3.20. The van der Waals surface area contributed by atoms with Crippen molar-refractivity contribution >= 4 is 28.6 Å². The molecule has 1 N–H and O–H groups in total. The van der Waals surface area contributed by atoms with Crippen molar-refractivity contribution in [3.05, 3.63) is 0 Å². The molecule has 0 saturated carbocycles. The van der Waals surface area contributed by atoms with Crippen LogP contribution >= 0.6 is 22.6 Å². The van der Waals surface area contributed by atoms with Crippen molar-refractivity contribution in [1.82, 2.24) is 5.06 Å². The molecule has 0 aromatic carbocycles. The van der Waals surface area contributed by atoms with E-state index in [9.17, 15) is 10.0 Å². The van der Waals surface area contributed by atoms with Gasteiger partial charge in [-0.2, -0.15) is 5.06 Å². The first-order chi connectivity index (χ1) is 7.69. The van der Waals surface area contributed by atoms with Crippen molar-refractivity contribution in [2.75, 3.05) is 4.43 Å². The zero-order chi connectivity index (χ0) is 13.3. The largest absolute Gasteiger partial charge is 0.462 e. The molecule has 1 aliphatic rings. The Kier molecular flexibility index (Phi) is 4.82. The van der Waals surface area contributed by atoms with E-state index in [0.717, 1.165) is 4.43 Å². The number of nitrogens with zero attached hydrogens (tertiary/aromatic N) is 1. The Morgan fingerprint density at radius 2 is 1.82 bits per heavy atom. The fourth-order valence-corrected chi connectivity index (χ4v) is 3.02. The number of halogens is 1. The average molecular weight is 355 g/mol. The second-order valence-electron chi connectivity index (χ2n) is 5.90. The number of hydrogen-bond acceptors (Lipinski definition) is 4. The lowest BCUT2D eigenvalue weighted by atomic mass is 9.80. The summed E-state index contributed by atoms with van der Waals surface area (Å²) in [4.78, 5) is 11.5. The Bertz CT molecular complexity index is 273. The van der Waals surface area contributed by atoms with Crippen LogP contribution in [0.3, 0.4) is 0 Å². The van der Waals surface area contributed by atoms with Gasteiger partial charge in [0, 0.05) is 28.3 Å².